The molecule has 1 aliphatic heterocycles. The second-order valence-electron chi connectivity index (χ2n) is 5.96. The number of hydrogen-bond acceptors (Lipinski definition) is 4. The van der Waals surface area contributed by atoms with Gasteiger partial charge in [-0.2, -0.15) is 5.10 Å². The molecule has 0 unspecified atom stereocenters. The first kappa shape index (κ1) is 16.8. The van der Waals surface area contributed by atoms with Crippen molar-refractivity contribution in [2.75, 3.05) is 0 Å². The topological polar surface area (TPSA) is 74.7 Å². The average molecular weight is 336 g/mol. The molecule has 1 atom stereocenters. The minimum Gasteiger partial charge on any atom is -0.344 e. The van der Waals surface area contributed by atoms with Crippen LogP contribution >= 0.6 is 0 Å². The Labute approximate surface area is 146 Å². The number of benzene rings is 1. The van der Waals surface area contributed by atoms with E-state index in [-0.39, 0.29) is 17.9 Å². The fourth-order valence-corrected chi connectivity index (χ4v) is 2.66. The van der Waals surface area contributed by atoms with Gasteiger partial charge in [-0.05, 0) is 30.2 Å². The van der Waals surface area contributed by atoms with E-state index in [4.69, 9.17) is 0 Å². The lowest BCUT2D eigenvalue weighted by molar-refractivity contribution is -0.132. The van der Waals surface area contributed by atoms with Crippen LogP contribution < -0.4 is 5.32 Å². The van der Waals surface area contributed by atoms with Crippen LogP contribution in [-0.2, 0) is 16.1 Å². The minimum atomic E-state index is -0.241. The van der Waals surface area contributed by atoms with Gasteiger partial charge >= 0.3 is 0 Å². The maximum absolute atomic E-state index is 12.5. The van der Waals surface area contributed by atoms with Crippen molar-refractivity contribution < 1.29 is 9.59 Å². The molecule has 0 spiro atoms. The zero-order valence-corrected chi connectivity index (χ0v) is 14.1. The molecular formula is C19H20N4O2. The van der Waals surface area contributed by atoms with Crippen molar-refractivity contribution in [3.8, 4) is 0 Å². The van der Waals surface area contributed by atoms with E-state index in [1.807, 2.05) is 49.4 Å². The molecule has 0 radical (unpaired) electrons. The van der Waals surface area contributed by atoms with Gasteiger partial charge in [0.15, 0.2) is 0 Å². The van der Waals surface area contributed by atoms with E-state index in [2.05, 4.69) is 15.4 Å². The lowest BCUT2D eigenvalue weighted by atomic mass is 10.1. The lowest BCUT2D eigenvalue weighted by Gasteiger charge is -2.24. The molecule has 25 heavy (non-hydrogen) atoms. The smallest absolute Gasteiger partial charge is 0.267 e. The predicted octanol–water partition coefficient (Wildman–Crippen LogP) is 2.44. The Bertz CT molecular complexity index is 775. The van der Waals surface area contributed by atoms with Crippen LogP contribution in [0.25, 0.3) is 0 Å². The maximum atomic E-state index is 12.5. The second kappa shape index (κ2) is 7.70. The van der Waals surface area contributed by atoms with Crippen molar-refractivity contribution >= 4 is 17.5 Å². The largest absolute Gasteiger partial charge is 0.344 e. The van der Waals surface area contributed by atoms with Crippen molar-refractivity contribution in [1.82, 2.24) is 15.3 Å². The van der Waals surface area contributed by atoms with E-state index >= 15 is 0 Å². The summed E-state index contributed by atoms with van der Waals surface area (Å²) in [6.07, 6.45) is 4.04. The summed E-state index contributed by atoms with van der Waals surface area (Å²) >= 11 is 0. The first-order valence-electron chi connectivity index (χ1n) is 8.26. The summed E-state index contributed by atoms with van der Waals surface area (Å²) in [5.74, 6) is -0.308. The quantitative estimate of drug-likeness (QED) is 0.911. The average Bonchev–Trinajstić information content (AvgIpc) is 2.65. The number of amides is 2. The molecule has 3 rings (SSSR count). The molecule has 2 heterocycles. The summed E-state index contributed by atoms with van der Waals surface area (Å²) in [5.41, 5.74) is 2.33. The van der Waals surface area contributed by atoms with E-state index in [9.17, 15) is 9.59 Å². The summed E-state index contributed by atoms with van der Waals surface area (Å²) < 4.78 is 0. The molecule has 2 aromatic rings. The highest BCUT2D eigenvalue weighted by Crippen LogP contribution is 2.15. The maximum Gasteiger partial charge on any atom is 0.267 e. The highest BCUT2D eigenvalue weighted by Gasteiger charge is 2.25. The number of nitrogens with one attached hydrogen (secondary N) is 1. The number of aromatic nitrogens is 1. The van der Waals surface area contributed by atoms with Crippen molar-refractivity contribution in [3.05, 3.63) is 66.0 Å². The summed E-state index contributed by atoms with van der Waals surface area (Å²) in [5, 5.41) is 8.59. The third-order valence-electron chi connectivity index (χ3n) is 4.10. The predicted molar refractivity (Wildman–Crippen MR) is 94.5 cm³/mol. The molecule has 6 nitrogen and oxygen atoms in total. The first-order chi connectivity index (χ1) is 12.1. The Balaban J connectivity index is 1.69. The molecule has 1 aromatic heterocycles. The van der Waals surface area contributed by atoms with E-state index in [0.717, 1.165) is 11.1 Å². The van der Waals surface area contributed by atoms with Crippen LogP contribution in [0.3, 0.4) is 0 Å². The van der Waals surface area contributed by atoms with Crippen LogP contribution in [0.4, 0.5) is 0 Å². The van der Waals surface area contributed by atoms with Gasteiger partial charge in [-0.15, -0.1) is 0 Å². The van der Waals surface area contributed by atoms with Crippen LogP contribution in [0.15, 0.2) is 60.0 Å². The molecule has 0 saturated carbocycles. The Hall–Kier alpha value is -3.02. The Morgan fingerprint density at radius 3 is 2.60 bits per heavy atom. The summed E-state index contributed by atoms with van der Waals surface area (Å²) in [7, 11) is 0. The molecule has 1 aromatic carbocycles. The van der Waals surface area contributed by atoms with E-state index in [1.54, 1.807) is 12.4 Å². The fourth-order valence-electron chi connectivity index (χ4n) is 2.66. The van der Waals surface area contributed by atoms with E-state index < -0.39 is 0 Å². The minimum absolute atomic E-state index is 0.0671. The molecule has 1 N–H and O–H groups in total. The van der Waals surface area contributed by atoms with Gasteiger partial charge in [-0.3, -0.25) is 14.6 Å². The van der Waals surface area contributed by atoms with Gasteiger partial charge in [0.25, 0.3) is 5.91 Å². The lowest BCUT2D eigenvalue weighted by Crippen LogP contribution is -2.39. The zero-order valence-electron chi connectivity index (χ0n) is 14.1. The van der Waals surface area contributed by atoms with Crippen LogP contribution in [0.2, 0.25) is 0 Å². The normalized spacial score (nSPS) is 15.5. The molecule has 0 aliphatic carbocycles. The van der Waals surface area contributed by atoms with Crippen LogP contribution in [-0.4, -0.2) is 27.5 Å². The highest BCUT2D eigenvalue weighted by molar-refractivity contribution is 6.39. The number of nitrogens with zero attached hydrogens (tertiary/aromatic N) is 3. The molecule has 0 saturated heterocycles. The van der Waals surface area contributed by atoms with Gasteiger partial charge in [0, 0.05) is 25.2 Å². The number of carbonyl (C=O) groups is 2. The number of carbonyl (C=O) groups excluding carboxylic acids is 2. The van der Waals surface area contributed by atoms with Crippen molar-refractivity contribution in [2.24, 2.45) is 5.10 Å². The van der Waals surface area contributed by atoms with Gasteiger partial charge in [0.1, 0.15) is 5.71 Å². The number of hydrazone groups is 1. The summed E-state index contributed by atoms with van der Waals surface area (Å²) in [6, 6.07) is 13.2. The Kier molecular flexibility index (Phi) is 5.18. The van der Waals surface area contributed by atoms with Gasteiger partial charge < -0.3 is 5.32 Å². The van der Waals surface area contributed by atoms with Crippen LogP contribution in [0, 0.1) is 0 Å². The van der Waals surface area contributed by atoms with Gasteiger partial charge in [0.05, 0.1) is 12.6 Å². The molecule has 0 bridgehead atoms. The van der Waals surface area contributed by atoms with Crippen LogP contribution in [0.1, 0.15) is 36.9 Å². The molecule has 0 fully saturated rings. The van der Waals surface area contributed by atoms with Crippen molar-refractivity contribution in [1.29, 1.82) is 0 Å². The van der Waals surface area contributed by atoms with Crippen LogP contribution in [0.5, 0.6) is 0 Å². The molecular weight excluding hydrogens is 316 g/mol. The van der Waals surface area contributed by atoms with Crippen molar-refractivity contribution in [2.45, 2.75) is 32.4 Å². The first-order valence-corrected chi connectivity index (χ1v) is 8.26. The number of pyridine rings is 1. The molecule has 1 aliphatic rings. The standard InChI is InChI=1S/C19H20N4O2/c1-14(16-9-11-20-12-10-16)21-19(25)17-7-8-18(24)23(22-17)13-15-5-3-2-4-6-15/h2-6,9-12,14H,7-8,13H2,1H3,(H,21,25)/t14-/m0/s1. The SMILES string of the molecule is C[C@H](NC(=O)C1=NN(Cc2ccccc2)C(=O)CC1)c1ccncc1. The third-order valence-corrected chi connectivity index (χ3v) is 4.10. The molecule has 128 valence electrons. The molecule has 2 amide bonds. The fraction of sp³-hybridized carbons (Fsp3) is 0.263. The van der Waals surface area contributed by atoms with E-state index in [1.165, 1.54) is 5.01 Å². The highest BCUT2D eigenvalue weighted by atomic mass is 16.2. The van der Waals surface area contributed by atoms with E-state index in [0.29, 0.717) is 25.1 Å². The van der Waals surface area contributed by atoms with Gasteiger partial charge in [-0.1, -0.05) is 30.3 Å². The monoisotopic (exact) mass is 336 g/mol. The van der Waals surface area contributed by atoms with Gasteiger partial charge in [0.2, 0.25) is 5.91 Å². The Morgan fingerprint density at radius 2 is 1.88 bits per heavy atom. The second-order valence-corrected chi connectivity index (χ2v) is 5.96. The molecule has 6 heteroatoms. The summed E-state index contributed by atoms with van der Waals surface area (Å²) in [6.45, 7) is 2.28. The zero-order chi connectivity index (χ0) is 17.6. The number of hydrogen-bond donors (Lipinski definition) is 1. The third kappa shape index (κ3) is 4.29. The summed E-state index contributed by atoms with van der Waals surface area (Å²) in [4.78, 5) is 28.6. The number of rotatable bonds is 5. The van der Waals surface area contributed by atoms with Crippen molar-refractivity contribution in [3.63, 3.8) is 0 Å². The Morgan fingerprint density at radius 1 is 1.16 bits per heavy atom. The van der Waals surface area contributed by atoms with Gasteiger partial charge in [-0.25, -0.2) is 5.01 Å².